The second kappa shape index (κ2) is 3.80. The molecule has 0 radical (unpaired) electrons. The summed E-state index contributed by atoms with van der Waals surface area (Å²) in [5.74, 6) is -2.34. The van der Waals surface area contributed by atoms with Crippen LogP contribution in [0, 0.1) is 11.6 Å². The predicted octanol–water partition coefficient (Wildman–Crippen LogP) is 0.951. The summed E-state index contributed by atoms with van der Waals surface area (Å²) >= 11 is 10.5. The summed E-state index contributed by atoms with van der Waals surface area (Å²) in [6.07, 6.45) is 0. The summed E-state index contributed by atoms with van der Waals surface area (Å²) in [5, 5.41) is 15.9. The van der Waals surface area contributed by atoms with Gasteiger partial charge in [-0.1, -0.05) is 23.2 Å². The Labute approximate surface area is 82.9 Å². The third-order valence-electron chi connectivity index (χ3n) is 1.41. The molecule has 0 aliphatic heterocycles. The zero-order chi connectivity index (χ0) is 10.2. The SMILES string of the molecule is OB(O)c1cc(Cl)c(F)c(Cl)c1F. The van der Waals surface area contributed by atoms with Gasteiger partial charge in [0.2, 0.25) is 0 Å². The maximum absolute atomic E-state index is 12.9. The lowest BCUT2D eigenvalue weighted by Gasteiger charge is -2.05. The van der Waals surface area contributed by atoms with E-state index in [2.05, 4.69) is 0 Å². The Morgan fingerprint density at radius 1 is 1.15 bits per heavy atom. The third-order valence-corrected chi connectivity index (χ3v) is 2.02. The van der Waals surface area contributed by atoms with Crippen LogP contribution in [0.2, 0.25) is 10.0 Å². The van der Waals surface area contributed by atoms with E-state index in [4.69, 9.17) is 33.2 Å². The van der Waals surface area contributed by atoms with Gasteiger partial charge in [0.05, 0.1) is 5.02 Å². The highest BCUT2D eigenvalue weighted by Crippen LogP contribution is 2.23. The topological polar surface area (TPSA) is 40.5 Å². The van der Waals surface area contributed by atoms with Gasteiger partial charge in [-0.15, -0.1) is 0 Å². The Morgan fingerprint density at radius 3 is 2.15 bits per heavy atom. The van der Waals surface area contributed by atoms with Crippen molar-refractivity contribution < 1.29 is 18.8 Å². The maximum atomic E-state index is 12.9. The molecule has 0 saturated heterocycles. The lowest BCUT2D eigenvalue weighted by atomic mass is 9.80. The monoisotopic (exact) mass is 226 g/mol. The molecule has 0 amide bonds. The van der Waals surface area contributed by atoms with Crippen LogP contribution in [0.5, 0.6) is 0 Å². The van der Waals surface area contributed by atoms with Crippen LogP contribution in [0.15, 0.2) is 6.07 Å². The van der Waals surface area contributed by atoms with Gasteiger partial charge in [-0.25, -0.2) is 8.78 Å². The van der Waals surface area contributed by atoms with Gasteiger partial charge in [0.1, 0.15) is 10.8 Å². The van der Waals surface area contributed by atoms with Crippen molar-refractivity contribution in [2.75, 3.05) is 0 Å². The minimum absolute atomic E-state index is 0.463. The lowest BCUT2D eigenvalue weighted by molar-refractivity contribution is 0.422. The van der Waals surface area contributed by atoms with Crippen LogP contribution in [0.25, 0.3) is 0 Å². The number of rotatable bonds is 1. The van der Waals surface area contributed by atoms with E-state index in [9.17, 15) is 8.78 Å². The molecule has 0 aromatic heterocycles. The summed E-state index contributed by atoms with van der Waals surface area (Å²) in [7, 11) is -2.07. The van der Waals surface area contributed by atoms with Gasteiger partial charge >= 0.3 is 7.12 Å². The zero-order valence-corrected chi connectivity index (χ0v) is 7.57. The first-order valence-corrected chi connectivity index (χ1v) is 3.89. The van der Waals surface area contributed by atoms with Gasteiger partial charge in [0.25, 0.3) is 0 Å². The summed E-state index contributed by atoms with van der Waals surface area (Å²) in [6, 6.07) is 0.767. The van der Waals surface area contributed by atoms with Crippen molar-refractivity contribution in [2.45, 2.75) is 0 Å². The summed E-state index contributed by atoms with van der Waals surface area (Å²) in [6.45, 7) is 0. The highest BCUT2D eigenvalue weighted by molar-refractivity contribution is 6.59. The van der Waals surface area contributed by atoms with Crippen LogP contribution in [-0.2, 0) is 0 Å². The molecule has 0 saturated carbocycles. The normalized spacial score (nSPS) is 10.3. The molecular formula is C6H3BCl2F2O2. The first-order chi connectivity index (χ1) is 5.95. The van der Waals surface area contributed by atoms with Crippen LogP contribution in [0.4, 0.5) is 8.78 Å². The predicted molar refractivity (Wildman–Crippen MR) is 46.2 cm³/mol. The van der Waals surface area contributed by atoms with Crippen molar-refractivity contribution in [3.63, 3.8) is 0 Å². The molecule has 0 spiro atoms. The Balaban J connectivity index is 3.41. The minimum atomic E-state index is -2.07. The van der Waals surface area contributed by atoms with Crippen LogP contribution < -0.4 is 5.46 Å². The molecule has 70 valence electrons. The number of halogens is 4. The van der Waals surface area contributed by atoms with Gasteiger partial charge < -0.3 is 10.0 Å². The van der Waals surface area contributed by atoms with E-state index in [-0.39, 0.29) is 0 Å². The summed E-state index contributed by atoms with van der Waals surface area (Å²) < 4.78 is 25.7. The molecule has 0 aliphatic carbocycles. The van der Waals surface area contributed by atoms with E-state index in [1.54, 1.807) is 0 Å². The van der Waals surface area contributed by atoms with E-state index in [1.807, 2.05) is 0 Å². The second-order valence-electron chi connectivity index (χ2n) is 2.26. The van der Waals surface area contributed by atoms with E-state index >= 15 is 0 Å². The van der Waals surface area contributed by atoms with Crippen LogP contribution in [-0.4, -0.2) is 17.2 Å². The highest BCUT2D eigenvalue weighted by atomic mass is 35.5. The number of hydrogen-bond acceptors (Lipinski definition) is 2. The molecule has 0 aliphatic rings. The van der Waals surface area contributed by atoms with Gasteiger partial charge in [-0.3, -0.25) is 0 Å². The van der Waals surface area contributed by atoms with Crippen molar-refractivity contribution in [1.29, 1.82) is 0 Å². The fourth-order valence-electron chi connectivity index (χ4n) is 0.779. The minimum Gasteiger partial charge on any atom is -0.423 e. The largest absolute Gasteiger partial charge is 0.491 e. The summed E-state index contributed by atoms with van der Waals surface area (Å²) in [4.78, 5) is 0. The van der Waals surface area contributed by atoms with Crippen molar-refractivity contribution in [3.8, 4) is 0 Å². The van der Waals surface area contributed by atoms with Crippen molar-refractivity contribution >= 4 is 35.8 Å². The van der Waals surface area contributed by atoms with Gasteiger partial charge in [-0.05, 0) is 6.07 Å². The second-order valence-corrected chi connectivity index (χ2v) is 3.05. The molecule has 0 unspecified atom stereocenters. The standard InChI is InChI=1S/C6H3BCl2F2O2/c8-3-1-2(7(12)13)5(10)4(9)6(3)11/h1,12-13H. The first-order valence-electron chi connectivity index (χ1n) is 3.14. The van der Waals surface area contributed by atoms with E-state index in [0.717, 1.165) is 6.07 Å². The Bertz CT molecular complexity index is 346. The van der Waals surface area contributed by atoms with E-state index in [0.29, 0.717) is 0 Å². The smallest absolute Gasteiger partial charge is 0.423 e. The molecule has 1 aromatic carbocycles. The maximum Gasteiger partial charge on any atom is 0.491 e. The molecule has 0 atom stereocenters. The molecule has 1 aromatic rings. The fraction of sp³-hybridized carbons (Fsp3) is 0. The molecule has 2 N–H and O–H groups in total. The molecular weight excluding hydrogens is 224 g/mol. The molecule has 0 fully saturated rings. The number of benzene rings is 1. The first kappa shape index (κ1) is 10.7. The fourth-order valence-corrected chi connectivity index (χ4v) is 1.25. The molecule has 7 heteroatoms. The Kier molecular flexibility index (Phi) is 3.13. The van der Waals surface area contributed by atoms with Crippen molar-refractivity contribution in [2.24, 2.45) is 0 Å². The molecule has 0 heterocycles. The van der Waals surface area contributed by atoms with Crippen molar-refractivity contribution in [1.82, 2.24) is 0 Å². The number of hydrogen-bond donors (Lipinski definition) is 2. The quantitative estimate of drug-likeness (QED) is 0.426. The van der Waals surface area contributed by atoms with Crippen molar-refractivity contribution in [3.05, 3.63) is 27.7 Å². The van der Waals surface area contributed by atoms with Crippen LogP contribution >= 0.6 is 23.2 Å². The molecule has 0 bridgehead atoms. The molecule has 2 nitrogen and oxygen atoms in total. The van der Waals surface area contributed by atoms with Crippen LogP contribution in [0.3, 0.4) is 0 Å². The van der Waals surface area contributed by atoms with E-state index in [1.165, 1.54) is 0 Å². The van der Waals surface area contributed by atoms with Gasteiger partial charge in [0, 0.05) is 5.46 Å². The Hall–Kier alpha value is -0.355. The molecule has 1 rings (SSSR count). The highest BCUT2D eigenvalue weighted by Gasteiger charge is 2.23. The third kappa shape index (κ3) is 1.94. The average molecular weight is 227 g/mol. The van der Waals surface area contributed by atoms with Crippen LogP contribution in [0.1, 0.15) is 0 Å². The molecule has 13 heavy (non-hydrogen) atoms. The van der Waals surface area contributed by atoms with E-state index < -0.39 is 34.3 Å². The summed E-state index contributed by atoms with van der Waals surface area (Å²) in [5.41, 5.74) is -0.559. The lowest BCUT2D eigenvalue weighted by Crippen LogP contribution is -2.33. The zero-order valence-electron chi connectivity index (χ0n) is 6.06. The van der Waals surface area contributed by atoms with Gasteiger partial charge in [-0.2, -0.15) is 0 Å². The Morgan fingerprint density at radius 2 is 1.69 bits per heavy atom. The van der Waals surface area contributed by atoms with Gasteiger partial charge in [0.15, 0.2) is 5.82 Å². The average Bonchev–Trinajstić information content (AvgIpc) is 2.07.